The van der Waals surface area contributed by atoms with Gasteiger partial charge in [0.05, 0.1) is 6.07 Å². The summed E-state index contributed by atoms with van der Waals surface area (Å²) < 4.78 is 0. The number of hydrogen-bond acceptors (Lipinski definition) is 5. The maximum Gasteiger partial charge on any atom is 0.108 e. The van der Waals surface area contributed by atoms with Crippen molar-refractivity contribution in [3.8, 4) is 6.07 Å². The van der Waals surface area contributed by atoms with E-state index in [0.29, 0.717) is 6.04 Å². The second kappa shape index (κ2) is 8.49. The maximum absolute atomic E-state index is 9.15. The van der Waals surface area contributed by atoms with Crippen LogP contribution in [0.5, 0.6) is 0 Å². The largest absolute Gasteiger partial charge is 0.308 e. The minimum atomic E-state index is -0.0478. The van der Waals surface area contributed by atoms with Gasteiger partial charge in [-0.15, -0.1) is 0 Å². The molecule has 1 unspecified atom stereocenters. The molecule has 1 aliphatic rings. The van der Waals surface area contributed by atoms with Crippen LogP contribution in [0.1, 0.15) is 13.8 Å². The normalized spacial score (nSPS) is 19.8. The fourth-order valence-corrected chi connectivity index (χ4v) is 2.33. The van der Waals surface area contributed by atoms with Crippen LogP contribution < -0.4 is 5.32 Å². The summed E-state index contributed by atoms with van der Waals surface area (Å²) >= 11 is 0. The van der Waals surface area contributed by atoms with Gasteiger partial charge in [0.15, 0.2) is 0 Å². The lowest BCUT2D eigenvalue weighted by Crippen LogP contribution is -2.52. The molecular weight excluding hydrogens is 238 g/mol. The molecule has 0 aliphatic carbocycles. The monoisotopic (exact) mass is 267 g/mol. The third-order valence-corrected chi connectivity index (χ3v) is 3.46. The Bertz CT molecular complexity index is 276. The van der Waals surface area contributed by atoms with Gasteiger partial charge in [-0.25, -0.2) is 0 Å². The molecule has 0 bridgehead atoms. The molecular formula is C14H29N5. The number of rotatable bonds is 7. The van der Waals surface area contributed by atoms with E-state index in [4.69, 9.17) is 5.26 Å². The van der Waals surface area contributed by atoms with Crippen molar-refractivity contribution in [3.05, 3.63) is 0 Å². The van der Waals surface area contributed by atoms with Gasteiger partial charge in [0.2, 0.25) is 0 Å². The lowest BCUT2D eigenvalue weighted by molar-refractivity contribution is 0.121. The number of nitrogens with one attached hydrogen (secondary N) is 1. The number of nitriles is 1. The average molecular weight is 267 g/mol. The molecule has 5 heteroatoms. The summed E-state index contributed by atoms with van der Waals surface area (Å²) in [4.78, 5) is 7.13. The lowest BCUT2D eigenvalue weighted by atomic mass is 10.2. The maximum atomic E-state index is 9.15. The van der Waals surface area contributed by atoms with E-state index in [0.717, 1.165) is 45.8 Å². The molecule has 0 aromatic rings. The van der Waals surface area contributed by atoms with Crippen LogP contribution in [0, 0.1) is 11.3 Å². The summed E-state index contributed by atoms with van der Waals surface area (Å²) in [5.74, 6) is 0. The number of likely N-dealkylation sites (N-methyl/N-ethyl adjacent to an activating group) is 1. The predicted molar refractivity (Wildman–Crippen MR) is 79.1 cm³/mol. The Morgan fingerprint density at radius 3 is 2.21 bits per heavy atom. The molecule has 0 spiro atoms. The molecule has 0 aromatic carbocycles. The summed E-state index contributed by atoms with van der Waals surface area (Å²) in [6.45, 7) is 11.7. The molecule has 0 saturated carbocycles. The molecule has 0 aromatic heterocycles. The van der Waals surface area contributed by atoms with Gasteiger partial charge >= 0.3 is 0 Å². The van der Waals surface area contributed by atoms with Crippen molar-refractivity contribution in [1.82, 2.24) is 20.0 Å². The van der Waals surface area contributed by atoms with Crippen molar-refractivity contribution in [2.45, 2.75) is 25.9 Å². The van der Waals surface area contributed by atoms with Crippen LogP contribution >= 0.6 is 0 Å². The van der Waals surface area contributed by atoms with Crippen molar-refractivity contribution >= 4 is 0 Å². The molecule has 1 N–H and O–H groups in total. The van der Waals surface area contributed by atoms with Crippen molar-refractivity contribution in [2.24, 2.45) is 0 Å². The fourth-order valence-electron chi connectivity index (χ4n) is 2.33. The van der Waals surface area contributed by atoms with E-state index in [1.54, 1.807) is 0 Å². The first-order chi connectivity index (χ1) is 9.01. The number of hydrogen-bond donors (Lipinski definition) is 1. The van der Waals surface area contributed by atoms with Crippen LogP contribution in [0.2, 0.25) is 0 Å². The summed E-state index contributed by atoms with van der Waals surface area (Å²) in [6.07, 6.45) is 0. The first-order valence-corrected chi connectivity index (χ1v) is 7.26. The highest BCUT2D eigenvalue weighted by Crippen LogP contribution is 2.03. The quantitative estimate of drug-likeness (QED) is 0.706. The first-order valence-electron chi connectivity index (χ1n) is 7.26. The fraction of sp³-hybridized carbons (Fsp3) is 0.929. The van der Waals surface area contributed by atoms with Gasteiger partial charge in [-0.2, -0.15) is 5.26 Å². The predicted octanol–water partition coefficient (Wildman–Crippen LogP) is 0.0558. The van der Waals surface area contributed by atoms with Crippen LogP contribution in [0.25, 0.3) is 0 Å². The summed E-state index contributed by atoms with van der Waals surface area (Å²) in [7, 11) is 4.23. The van der Waals surface area contributed by atoms with Gasteiger partial charge in [0.25, 0.3) is 0 Å². The minimum Gasteiger partial charge on any atom is -0.308 e. The van der Waals surface area contributed by atoms with Crippen molar-refractivity contribution in [2.75, 3.05) is 59.9 Å². The van der Waals surface area contributed by atoms with Gasteiger partial charge < -0.3 is 4.90 Å². The van der Waals surface area contributed by atoms with E-state index in [1.165, 1.54) is 0 Å². The highest BCUT2D eigenvalue weighted by Gasteiger charge is 2.20. The Labute approximate surface area is 118 Å². The van der Waals surface area contributed by atoms with Crippen molar-refractivity contribution in [1.29, 1.82) is 5.26 Å². The van der Waals surface area contributed by atoms with Crippen LogP contribution in [-0.2, 0) is 0 Å². The minimum absolute atomic E-state index is 0.0478. The van der Waals surface area contributed by atoms with Gasteiger partial charge in [-0.3, -0.25) is 15.1 Å². The molecule has 1 atom stereocenters. The third-order valence-electron chi connectivity index (χ3n) is 3.46. The molecule has 5 nitrogen and oxygen atoms in total. The average Bonchev–Trinajstić information content (AvgIpc) is 2.36. The molecule has 1 rings (SSSR count). The second-order valence-electron chi connectivity index (χ2n) is 5.95. The molecule has 0 radical (unpaired) electrons. The van der Waals surface area contributed by atoms with Crippen molar-refractivity contribution in [3.63, 3.8) is 0 Å². The first kappa shape index (κ1) is 16.4. The SMILES string of the molecule is CC(C)NC(C#N)CN1CCN(CCN(C)C)CC1. The lowest BCUT2D eigenvalue weighted by Gasteiger charge is -2.36. The Hall–Kier alpha value is -0.670. The van der Waals surface area contributed by atoms with Gasteiger partial charge in [0, 0.05) is 51.9 Å². The Kier molecular flexibility index (Phi) is 7.32. The molecule has 0 amide bonds. The smallest absolute Gasteiger partial charge is 0.108 e. The molecule has 110 valence electrons. The zero-order chi connectivity index (χ0) is 14.3. The standard InChI is InChI=1S/C14H29N5/c1-13(2)16-14(11-15)12-19-9-7-18(8-10-19)6-5-17(3)4/h13-14,16H,5-10,12H2,1-4H3. The van der Waals surface area contributed by atoms with Crippen LogP contribution in [0.15, 0.2) is 0 Å². The summed E-state index contributed by atoms with van der Waals surface area (Å²) in [5, 5.41) is 12.5. The molecule has 1 aliphatic heterocycles. The third kappa shape index (κ3) is 6.88. The zero-order valence-corrected chi connectivity index (χ0v) is 12.9. The highest BCUT2D eigenvalue weighted by atomic mass is 15.3. The summed E-state index contributed by atoms with van der Waals surface area (Å²) in [5.41, 5.74) is 0. The van der Waals surface area contributed by atoms with Gasteiger partial charge in [-0.05, 0) is 27.9 Å². The van der Waals surface area contributed by atoms with E-state index in [1.807, 2.05) is 0 Å². The Morgan fingerprint density at radius 1 is 1.16 bits per heavy atom. The zero-order valence-electron chi connectivity index (χ0n) is 12.9. The molecule has 1 fully saturated rings. The van der Waals surface area contributed by atoms with E-state index in [-0.39, 0.29) is 6.04 Å². The van der Waals surface area contributed by atoms with E-state index < -0.39 is 0 Å². The van der Waals surface area contributed by atoms with E-state index in [2.05, 4.69) is 54.0 Å². The van der Waals surface area contributed by atoms with Gasteiger partial charge in [0.1, 0.15) is 6.04 Å². The highest BCUT2D eigenvalue weighted by molar-refractivity contribution is 4.93. The van der Waals surface area contributed by atoms with E-state index >= 15 is 0 Å². The van der Waals surface area contributed by atoms with Crippen LogP contribution in [-0.4, -0.2) is 86.7 Å². The number of piperazine rings is 1. The molecule has 1 saturated heterocycles. The van der Waals surface area contributed by atoms with E-state index in [9.17, 15) is 0 Å². The summed E-state index contributed by atoms with van der Waals surface area (Å²) in [6, 6.07) is 2.68. The Morgan fingerprint density at radius 2 is 1.74 bits per heavy atom. The number of nitrogens with zero attached hydrogens (tertiary/aromatic N) is 4. The Balaban J connectivity index is 2.24. The molecule has 1 heterocycles. The van der Waals surface area contributed by atoms with Crippen LogP contribution in [0.4, 0.5) is 0 Å². The second-order valence-corrected chi connectivity index (χ2v) is 5.95. The van der Waals surface area contributed by atoms with Gasteiger partial charge in [-0.1, -0.05) is 0 Å². The van der Waals surface area contributed by atoms with Crippen molar-refractivity contribution < 1.29 is 0 Å². The topological polar surface area (TPSA) is 45.5 Å². The molecule has 19 heavy (non-hydrogen) atoms. The van der Waals surface area contributed by atoms with Crippen LogP contribution in [0.3, 0.4) is 0 Å².